The number of nitrogens with zero attached hydrogens (tertiary/aromatic N) is 1. The molecule has 102 valence electrons. The molecule has 4 heteroatoms. The van der Waals surface area contributed by atoms with E-state index in [1.54, 1.807) is 4.90 Å². The molecular formula is C14H23ClN2O. The summed E-state index contributed by atoms with van der Waals surface area (Å²) in [5, 5.41) is 0. The molecule has 0 aromatic heterocycles. The molecule has 2 N–H and O–H groups in total. The van der Waals surface area contributed by atoms with E-state index < -0.39 is 0 Å². The predicted octanol–water partition coefficient (Wildman–Crippen LogP) is 2.41. The third kappa shape index (κ3) is 4.00. The molecule has 2 atom stereocenters. The molecule has 1 aromatic rings. The van der Waals surface area contributed by atoms with Crippen LogP contribution in [0.25, 0.3) is 0 Å². The van der Waals surface area contributed by atoms with Gasteiger partial charge in [0, 0.05) is 19.6 Å². The average Bonchev–Trinajstić information content (AvgIpc) is 2.38. The lowest BCUT2D eigenvalue weighted by Gasteiger charge is -2.28. The summed E-state index contributed by atoms with van der Waals surface area (Å²) in [6.07, 6.45) is 0.810. The van der Waals surface area contributed by atoms with E-state index in [0.717, 1.165) is 12.0 Å². The Balaban J connectivity index is 0.00000289. The van der Waals surface area contributed by atoms with Crippen molar-refractivity contribution in [3.05, 3.63) is 35.9 Å². The molecule has 0 saturated heterocycles. The Labute approximate surface area is 116 Å². The average molecular weight is 271 g/mol. The first-order valence-corrected chi connectivity index (χ1v) is 6.13. The van der Waals surface area contributed by atoms with Gasteiger partial charge in [0.1, 0.15) is 0 Å². The second kappa shape index (κ2) is 8.11. The topological polar surface area (TPSA) is 46.3 Å². The van der Waals surface area contributed by atoms with Crippen molar-refractivity contribution in [1.82, 2.24) is 4.90 Å². The molecule has 0 aliphatic heterocycles. The van der Waals surface area contributed by atoms with Crippen LogP contribution in [0.1, 0.15) is 31.7 Å². The van der Waals surface area contributed by atoms with Gasteiger partial charge in [-0.25, -0.2) is 0 Å². The summed E-state index contributed by atoms with van der Waals surface area (Å²) in [6.45, 7) is 4.50. The first-order valence-electron chi connectivity index (χ1n) is 6.13. The van der Waals surface area contributed by atoms with Crippen molar-refractivity contribution in [2.45, 2.75) is 32.2 Å². The Morgan fingerprint density at radius 1 is 1.33 bits per heavy atom. The molecule has 0 bridgehead atoms. The zero-order valence-electron chi connectivity index (χ0n) is 11.3. The van der Waals surface area contributed by atoms with Crippen LogP contribution in [-0.4, -0.2) is 30.4 Å². The minimum Gasteiger partial charge on any atom is -0.341 e. The summed E-state index contributed by atoms with van der Waals surface area (Å²) in [7, 11) is 1.82. The first kappa shape index (κ1) is 16.9. The van der Waals surface area contributed by atoms with Crippen molar-refractivity contribution in [3.8, 4) is 0 Å². The highest BCUT2D eigenvalue weighted by molar-refractivity contribution is 5.85. The van der Waals surface area contributed by atoms with Gasteiger partial charge in [0.25, 0.3) is 0 Å². The molecule has 3 nitrogen and oxygen atoms in total. The summed E-state index contributed by atoms with van der Waals surface area (Å²) in [5.41, 5.74) is 6.68. The highest BCUT2D eigenvalue weighted by Gasteiger charge is 2.24. The smallest absolute Gasteiger partial charge is 0.230 e. The third-order valence-electron chi connectivity index (χ3n) is 3.26. The number of amides is 1. The number of likely N-dealkylation sites (N-methyl/N-ethyl adjacent to an activating group) is 1. The predicted molar refractivity (Wildman–Crippen MR) is 78.0 cm³/mol. The molecule has 0 aliphatic rings. The minimum absolute atomic E-state index is 0. The monoisotopic (exact) mass is 270 g/mol. The molecule has 0 aliphatic carbocycles. The zero-order chi connectivity index (χ0) is 12.8. The molecule has 0 spiro atoms. The van der Waals surface area contributed by atoms with Gasteiger partial charge < -0.3 is 10.6 Å². The van der Waals surface area contributed by atoms with E-state index in [2.05, 4.69) is 0 Å². The Morgan fingerprint density at radius 2 is 1.89 bits per heavy atom. The number of hydrogen-bond acceptors (Lipinski definition) is 2. The summed E-state index contributed by atoms with van der Waals surface area (Å²) in [4.78, 5) is 14.1. The molecule has 1 aromatic carbocycles. The van der Waals surface area contributed by atoms with Gasteiger partial charge in [-0.3, -0.25) is 4.79 Å². The molecule has 18 heavy (non-hydrogen) atoms. The normalized spacial score (nSPS) is 13.3. The SMILES string of the molecule is CCC(C(=O)N(C)C(C)CN)c1ccccc1.Cl. The number of hydrogen-bond donors (Lipinski definition) is 1. The lowest BCUT2D eigenvalue weighted by atomic mass is 9.95. The van der Waals surface area contributed by atoms with Crippen LogP contribution in [0.5, 0.6) is 0 Å². The van der Waals surface area contributed by atoms with Crippen LogP contribution in [0.4, 0.5) is 0 Å². The van der Waals surface area contributed by atoms with E-state index in [0.29, 0.717) is 6.54 Å². The van der Waals surface area contributed by atoms with Crippen molar-refractivity contribution in [1.29, 1.82) is 0 Å². The second-order valence-electron chi connectivity index (χ2n) is 4.41. The molecule has 0 fully saturated rings. The van der Waals surface area contributed by atoms with E-state index in [1.807, 2.05) is 51.2 Å². The Hall–Kier alpha value is -1.06. The van der Waals surface area contributed by atoms with Crippen molar-refractivity contribution >= 4 is 18.3 Å². The standard InChI is InChI=1S/C14H22N2O.ClH/c1-4-13(12-8-6-5-7-9-12)14(17)16(3)11(2)10-15;/h5-9,11,13H,4,10,15H2,1-3H3;1H. The van der Waals surface area contributed by atoms with Crippen LogP contribution in [0.15, 0.2) is 30.3 Å². The maximum atomic E-state index is 12.3. The number of carbonyl (C=O) groups excluding carboxylic acids is 1. The molecule has 2 unspecified atom stereocenters. The summed E-state index contributed by atoms with van der Waals surface area (Å²) in [6, 6.07) is 10.0. The lowest BCUT2D eigenvalue weighted by molar-refractivity contribution is -0.133. The molecule has 1 rings (SSSR count). The van der Waals surface area contributed by atoms with E-state index in [1.165, 1.54) is 0 Å². The van der Waals surface area contributed by atoms with Gasteiger partial charge in [0.05, 0.1) is 5.92 Å². The maximum Gasteiger partial charge on any atom is 0.230 e. The number of rotatable bonds is 5. The van der Waals surface area contributed by atoms with Crippen LogP contribution >= 0.6 is 12.4 Å². The van der Waals surface area contributed by atoms with Gasteiger partial charge in [-0.2, -0.15) is 0 Å². The van der Waals surface area contributed by atoms with E-state index in [4.69, 9.17) is 5.73 Å². The van der Waals surface area contributed by atoms with E-state index >= 15 is 0 Å². The van der Waals surface area contributed by atoms with Crippen LogP contribution in [0, 0.1) is 0 Å². The lowest BCUT2D eigenvalue weighted by Crippen LogP contribution is -2.42. The van der Waals surface area contributed by atoms with Gasteiger partial charge in [-0.1, -0.05) is 37.3 Å². The van der Waals surface area contributed by atoms with Crippen molar-refractivity contribution in [2.24, 2.45) is 5.73 Å². The van der Waals surface area contributed by atoms with Crippen molar-refractivity contribution in [2.75, 3.05) is 13.6 Å². The van der Waals surface area contributed by atoms with Crippen LogP contribution in [0.2, 0.25) is 0 Å². The van der Waals surface area contributed by atoms with Crippen LogP contribution in [0.3, 0.4) is 0 Å². The van der Waals surface area contributed by atoms with Crippen LogP contribution in [-0.2, 0) is 4.79 Å². The fraction of sp³-hybridized carbons (Fsp3) is 0.500. The van der Waals surface area contributed by atoms with Gasteiger partial charge in [-0.15, -0.1) is 12.4 Å². The van der Waals surface area contributed by atoms with Gasteiger partial charge in [0.2, 0.25) is 5.91 Å². The van der Waals surface area contributed by atoms with Crippen molar-refractivity contribution in [3.63, 3.8) is 0 Å². The van der Waals surface area contributed by atoms with Gasteiger partial charge >= 0.3 is 0 Å². The molecule has 0 saturated carbocycles. The summed E-state index contributed by atoms with van der Waals surface area (Å²) in [5.74, 6) is 0.0897. The Morgan fingerprint density at radius 3 is 2.33 bits per heavy atom. The van der Waals surface area contributed by atoms with Gasteiger partial charge in [-0.05, 0) is 18.9 Å². The summed E-state index contributed by atoms with van der Waals surface area (Å²) < 4.78 is 0. The van der Waals surface area contributed by atoms with Crippen LogP contribution < -0.4 is 5.73 Å². The molecule has 1 amide bonds. The Kier molecular flexibility index (Phi) is 7.64. The number of nitrogens with two attached hydrogens (primary N) is 1. The molecular weight excluding hydrogens is 248 g/mol. The maximum absolute atomic E-state index is 12.3. The van der Waals surface area contributed by atoms with E-state index in [9.17, 15) is 4.79 Å². The van der Waals surface area contributed by atoms with Gasteiger partial charge in [0.15, 0.2) is 0 Å². The first-order chi connectivity index (χ1) is 8.11. The summed E-state index contributed by atoms with van der Waals surface area (Å²) >= 11 is 0. The molecule has 0 heterocycles. The van der Waals surface area contributed by atoms with Crippen molar-refractivity contribution < 1.29 is 4.79 Å². The number of benzene rings is 1. The second-order valence-corrected chi connectivity index (χ2v) is 4.41. The largest absolute Gasteiger partial charge is 0.341 e. The zero-order valence-corrected chi connectivity index (χ0v) is 12.1. The molecule has 0 radical (unpaired) electrons. The number of carbonyl (C=O) groups is 1. The quantitative estimate of drug-likeness (QED) is 0.893. The third-order valence-corrected chi connectivity index (χ3v) is 3.26. The fourth-order valence-corrected chi connectivity index (χ4v) is 1.86. The highest BCUT2D eigenvalue weighted by atomic mass is 35.5. The van der Waals surface area contributed by atoms with E-state index in [-0.39, 0.29) is 30.3 Å². The Bertz CT molecular complexity index is 356. The number of halogens is 1. The highest BCUT2D eigenvalue weighted by Crippen LogP contribution is 2.22. The fourth-order valence-electron chi connectivity index (χ4n) is 1.86. The minimum atomic E-state index is -0.0600.